The lowest BCUT2D eigenvalue weighted by atomic mass is 9.96. The molecule has 0 aliphatic rings. The van der Waals surface area contributed by atoms with E-state index in [-0.39, 0.29) is 10.6 Å². The molecule has 1 atom stereocenters. The Hall–Kier alpha value is -1.20. The third kappa shape index (κ3) is 3.52. The molecule has 0 spiro atoms. The van der Waals surface area contributed by atoms with Gasteiger partial charge in [0, 0.05) is 6.26 Å². The summed E-state index contributed by atoms with van der Waals surface area (Å²) in [6, 6.07) is 9.74. The van der Waals surface area contributed by atoms with E-state index in [1.54, 1.807) is 24.3 Å². The van der Waals surface area contributed by atoms with Crippen LogP contribution >= 0.6 is 15.9 Å². The van der Waals surface area contributed by atoms with E-state index in [0.717, 1.165) is 22.3 Å². The average molecular weight is 371 g/mol. The number of halogens is 2. The minimum atomic E-state index is -3.20. The first-order valence-corrected chi connectivity index (χ1v) is 9.21. The van der Waals surface area contributed by atoms with Gasteiger partial charge in [-0.1, -0.05) is 28.1 Å². The Bertz CT molecular complexity index is 744. The van der Waals surface area contributed by atoms with Crippen LogP contribution < -0.4 is 0 Å². The van der Waals surface area contributed by atoms with Gasteiger partial charge >= 0.3 is 0 Å². The molecule has 0 heterocycles. The molecule has 0 saturated carbocycles. The van der Waals surface area contributed by atoms with Crippen molar-refractivity contribution in [1.29, 1.82) is 0 Å². The maximum atomic E-state index is 13.4. The second-order valence-electron chi connectivity index (χ2n) is 5.16. The lowest BCUT2D eigenvalue weighted by Gasteiger charge is -2.17. The molecule has 5 heteroatoms. The van der Waals surface area contributed by atoms with Crippen molar-refractivity contribution >= 4 is 25.8 Å². The molecular weight excluding hydrogens is 355 g/mol. The molecule has 112 valence electrons. The maximum absolute atomic E-state index is 13.4. The minimum absolute atomic E-state index is 0.105. The van der Waals surface area contributed by atoms with Gasteiger partial charge in [0.1, 0.15) is 5.82 Å². The Kier molecular flexibility index (Phi) is 4.54. The minimum Gasteiger partial charge on any atom is -0.224 e. The van der Waals surface area contributed by atoms with E-state index in [0.29, 0.717) is 4.90 Å². The number of rotatable bonds is 3. The molecule has 0 aliphatic heterocycles. The molecule has 0 amide bonds. The Morgan fingerprint density at radius 2 is 1.52 bits per heavy atom. The SMILES string of the molecule is Cc1cc(F)cc(C)c1C(Br)c1ccc(S(C)(=O)=O)cc1. The van der Waals surface area contributed by atoms with Gasteiger partial charge in [-0.25, -0.2) is 12.8 Å². The van der Waals surface area contributed by atoms with Crippen molar-refractivity contribution in [2.75, 3.05) is 6.26 Å². The monoisotopic (exact) mass is 370 g/mol. The summed E-state index contributed by atoms with van der Waals surface area (Å²) >= 11 is 3.62. The predicted octanol–water partition coefficient (Wildman–Crippen LogP) is 4.33. The van der Waals surface area contributed by atoms with Crippen LogP contribution in [-0.2, 0) is 9.84 Å². The van der Waals surface area contributed by atoms with Crippen molar-refractivity contribution in [3.8, 4) is 0 Å². The number of benzene rings is 2. The highest BCUT2D eigenvalue weighted by molar-refractivity contribution is 9.09. The Morgan fingerprint density at radius 1 is 1.05 bits per heavy atom. The van der Waals surface area contributed by atoms with Crippen LogP contribution in [-0.4, -0.2) is 14.7 Å². The smallest absolute Gasteiger partial charge is 0.175 e. The third-order valence-corrected chi connectivity index (χ3v) is 5.53. The summed E-state index contributed by atoms with van der Waals surface area (Å²) in [5, 5.41) is 0. The maximum Gasteiger partial charge on any atom is 0.175 e. The fourth-order valence-electron chi connectivity index (χ4n) is 2.37. The Balaban J connectivity index is 2.44. The molecule has 1 unspecified atom stereocenters. The Labute approximate surface area is 133 Å². The van der Waals surface area contributed by atoms with Crippen molar-refractivity contribution in [2.24, 2.45) is 0 Å². The third-order valence-electron chi connectivity index (χ3n) is 3.41. The van der Waals surface area contributed by atoms with Crippen LogP contribution in [0, 0.1) is 19.7 Å². The molecule has 0 saturated heterocycles. The lowest BCUT2D eigenvalue weighted by Crippen LogP contribution is -2.02. The van der Waals surface area contributed by atoms with E-state index in [4.69, 9.17) is 0 Å². The van der Waals surface area contributed by atoms with Crippen LogP contribution in [0.3, 0.4) is 0 Å². The molecule has 0 fully saturated rings. The van der Waals surface area contributed by atoms with Crippen molar-refractivity contribution in [1.82, 2.24) is 0 Å². The highest BCUT2D eigenvalue weighted by Crippen LogP contribution is 2.35. The molecule has 2 aromatic carbocycles. The van der Waals surface area contributed by atoms with Crippen LogP contribution in [0.25, 0.3) is 0 Å². The van der Waals surface area contributed by atoms with Gasteiger partial charge in [0.25, 0.3) is 0 Å². The average Bonchev–Trinajstić information content (AvgIpc) is 2.36. The fourth-order valence-corrected chi connectivity index (χ4v) is 4.03. The van der Waals surface area contributed by atoms with Crippen LogP contribution in [0.1, 0.15) is 27.1 Å². The second-order valence-corrected chi connectivity index (χ2v) is 8.09. The zero-order valence-corrected chi connectivity index (χ0v) is 14.4. The van der Waals surface area contributed by atoms with E-state index in [1.807, 2.05) is 13.8 Å². The summed E-state index contributed by atoms with van der Waals surface area (Å²) in [6.45, 7) is 3.73. The molecule has 2 aromatic rings. The highest BCUT2D eigenvalue weighted by Gasteiger charge is 2.17. The van der Waals surface area contributed by atoms with Crippen molar-refractivity contribution < 1.29 is 12.8 Å². The van der Waals surface area contributed by atoms with Gasteiger partial charge < -0.3 is 0 Å². The number of sulfone groups is 1. The molecule has 0 N–H and O–H groups in total. The molecule has 2 rings (SSSR count). The van der Waals surface area contributed by atoms with Crippen LogP contribution in [0.2, 0.25) is 0 Å². The van der Waals surface area contributed by atoms with E-state index < -0.39 is 9.84 Å². The van der Waals surface area contributed by atoms with Gasteiger partial charge in [-0.2, -0.15) is 0 Å². The predicted molar refractivity (Wildman–Crippen MR) is 86.2 cm³/mol. The second kappa shape index (κ2) is 5.89. The summed E-state index contributed by atoms with van der Waals surface area (Å²) in [5.74, 6) is -0.249. The quantitative estimate of drug-likeness (QED) is 0.753. The van der Waals surface area contributed by atoms with Crippen molar-refractivity contribution in [3.63, 3.8) is 0 Å². The van der Waals surface area contributed by atoms with Crippen LogP contribution in [0.5, 0.6) is 0 Å². The van der Waals surface area contributed by atoms with E-state index in [1.165, 1.54) is 18.4 Å². The van der Waals surface area contributed by atoms with Gasteiger partial charge in [0.15, 0.2) is 9.84 Å². The molecule has 0 aromatic heterocycles. The summed E-state index contributed by atoms with van der Waals surface area (Å²) < 4.78 is 36.3. The van der Waals surface area contributed by atoms with Gasteiger partial charge in [0.2, 0.25) is 0 Å². The van der Waals surface area contributed by atoms with E-state index >= 15 is 0 Å². The largest absolute Gasteiger partial charge is 0.224 e. The van der Waals surface area contributed by atoms with Crippen LogP contribution in [0.15, 0.2) is 41.3 Å². The topological polar surface area (TPSA) is 34.1 Å². The molecular formula is C16H16BrFO2S. The summed E-state index contributed by atoms with van der Waals surface area (Å²) in [5.41, 5.74) is 3.66. The first-order chi connectivity index (χ1) is 9.70. The van der Waals surface area contributed by atoms with Crippen molar-refractivity contribution in [2.45, 2.75) is 23.6 Å². The van der Waals surface area contributed by atoms with Gasteiger partial charge in [-0.3, -0.25) is 0 Å². The summed E-state index contributed by atoms with van der Waals surface area (Å²) in [7, 11) is -3.20. The zero-order valence-electron chi connectivity index (χ0n) is 12.0. The zero-order chi connectivity index (χ0) is 15.8. The molecule has 0 aliphatic carbocycles. The van der Waals surface area contributed by atoms with E-state index in [2.05, 4.69) is 15.9 Å². The highest BCUT2D eigenvalue weighted by atomic mass is 79.9. The molecule has 2 nitrogen and oxygen atoms in total. The summed E-state index contributed by atoms with van der Waals surface area (Å²) in [6.07, 6.45) is 1.18. The molecule has 21 heavy (non-hydrogen) atoms. The standard InChI is InChI=1S/C16H16BrFO2S/c1-10-8-13(18)9-11(2)15(10)16(17)12-4-6-14(7-5-12)21(3,19)20/h4-9,16H,1-3H3. The molecule has 0 bridgehead atoms. The Morgan fingerprint density at radius 3 is 1.95 bits per heavy atom. The number of hydrogen-bond donors (Lipinski definition) is 0. The summed E-state index contributed by atoms with van der Waals surface area (Å²) in [4.78, 5) is 0.185. The number of hydrogen-bond acceptors (Lipinski definition) is 2. The first kappa shape index (κ1) is 16.2. The van der Waals surface area contributed by atoms with Crippen molar-refractivity contribution in [3.05, 3.63) is 64.5 Å². The first-order valence-electron chi connectivity index (χ1n) is 6.41. The normalized spacial score (nSPS) is 13.2. The lowest BCUT2D eigenvalue weighted by molar-refractivity contribution is 0.602. The van der Waals surface area contributed by atoms with Gasteiger partial charge in [-0.15, -0.1) is 0 Å². The van der Waals surface area contributed by atoms with Gasteiger partial charge in [-0.05, 0) is 60.4 Å². The van der Waals surface area contributed by atoms with Crippen LogP contribution in [0.4, 0.5) is 4.39 Å². The fraction of sp³-hybridized carbons (Fsp3) is 0.250. The van der Waals surface area contributed by atoms with E-state index in [9.17, 15) is 12.8 Å². The number of aryl methyl sites for hydroxylation is 2. The number of alkyl halides is 1. The molecule has 0 radical (unpaired) electrons. The van der Waals surface area contributed by atoms with Gasteiger partial charge in [0.05, 0.1) is 9.72 Å².